The average molecular weight is 366 g/mol. The number of fused-ring (bicyclic) bond motifs is 1. The van der Waals surface area contributed by atoms with Gasteiger partial charge in [0.15, 0.2) is 11.2 Å². The molecule has 1 saturated heterocycles. The van der Waals surface area contributed by atoms with Crippen LogP contribution in [0.5, 0.6) is 0 Å². The second-order valence-corrected chi connectivity index (χ2v) is 6.81. The molecular formula is C21H22N2O4. The number of benzene rings is 1. The third-order valence-corrected chi connectivity index (χ3v) is 5.02. The van der Waals surface area contributed by atoms with Gasteiger partial charge in [-0.25, -0.2) is 0 Å². The molecule has 6 heteroatoms. The van der Waals surface area contributed by atoms with Crippen molar-refractivity contribution in [3.63, 3.8) is 0 Å². The largest absolute Gasteiger partial charge is 0.468 e. The topological polar surface area (TPSA) is 75.7 Å². The minimum absolute atomic E-state index is 0.0236. The highest BCUT2D eigenvalue weighted by molar-refractivity contribution is 5.93. The third-order valence-electron chi connectivity index (χ3n) is 5.02. The average Bonchev–Trinajstić information content (AvgIpc) is 3.23. The van der Waals surface area contributed by atoms with Crippen molar-refractivity contribution in [1.29, 1.82) is 0 Å². The summed E-state index contributed by atoms with van der Waals surface area (Å²) in [5.41, 5.74) is 0.189. The summed E-state index contributed by atoms with van der Waals surface area (Å²) in [4.78, 5) is 27.2. The molecule has 1 amide bonds. The summed E-state index contributed by atoms with van der Waals surface area (Å²) >= 11 is 0. The number of hydrogen-bond donors (Lipinski definition) is 1. The van der Waals surface area contributed by atoms with Gasteiger partial charge in [-0.05, 0) is 50.2 Å². The van der Waals surface area contributed by atoms with Crippen LogP contribution in [0.3, 0.4) is 0 Å². The molecule has 1 fully saturated rings. The number of carbonyl (C=O) groups is 1. The van der Waals surface area contributed by atoms with Gasteiger partial charge in [0.2, 0.25) is 0 Å². The second kappa shape index (κ2) is 7.80. The molecule has 1 atom stereocenters. The fraction of sp³-hybridized carbons (Fsp3) is 0.333. The lowest BCUT2D eigenvalue weighted by atomic mass is 10.1. The van der Waals surface area contributed by atoms with Gasteiger partial charge in [0.05, 0.1) is 17.7 Å². The number of piperidine rings is 1. The lowest BCUT2D eigenvalue weighted by Gasteiger charge is -2.33. The summed E-state index contributed by atoms with van der Waals surface area (Å²) in [6.07, 6.45) is 5.17. The van der Waals surface area contributed by atoms with Crippen LogP contribution in [-0.2, 0) is 0 Å². The van der Waals surface area contributed by atoms with Gasteiger partial charge in [-0.3, -0.25) is 14.5 Å². The number of hydrogen-bond acceptors (Lipinski definition) is 5. The number of amides is 1. The first kappa shape index (κ1) is 17.5. The number of nitrogens with one attached hydrogen (secondary N) is 1. The van der Waals surface area contributed by atoms with Gasteiger partial charge in [0, 0.05) is 12.6 Å². The number of nitrogens with zero attached hydrogens (tertiary/aromatic N) is 1. The van der Waals surface area contributed by atoms with Gasteiger partial charge >= 0.3 is 0 Å². The van der Waals surface area contributed by atoms with Gasteiger partial charge in [0.1, 0.15) is 11.3 Å². The van der Waals surface area contributed by atoms with E-state index in [2.05, 4.69) is 10.2 Å². The monoisotopic (exact) mass is 366 g/mol. The number of rotatable bonds is 5. The quantitative estimate of drug-likeness (QED) is 0.749. The zero-order chi connectivity index (χ0) is 18.6. The summed E-state index contributed by atoms with van der Waals surface area (Å²) < 4.78 is 11.2. The molecule has 1 aliphatic heterocycles. The van der Waals surface area contributed by atoms with Crippen LogP contribution in [0.1, 0.15) is 41.6 Å². The van der Waals surface area contributed by atoms with E-state index in [1.165, 1.54) is 12.5 Å². The molecule has 0 saturated carbocycles. The van der Waals surface area contributed by atoms with Crippen LogP contribution in [0.4, 0.5) is 0 Å². The lowest BCUT2D eigenvalue weighted by Crippen LogP contribution is -2.40. The molecule has 1 N–H and O–H groups in total. The molecule has 2 aromatic heterocycles. The minimum Gasteiger partial charge on any atom is -0.468 e. The molecule has 3 heterocycles. The number of para-hydroxylation sites is 1. The number of carbonyl (C=O) groups excluding carboxylic acids is 1. The summed E-state index contributed by atoms with van der Waals surface area (Å²) in [6.45, 7) is 2.35. The molecule has 27 heavy (non-hydrogen) atoms. The highest BCUT2D eigenvalue weighted by Crippen LogP contribution is 2.24. The zero-order valence-corrected chi connectivity index (χ0v) is 15.0. The van der Waals surface area contributed by atoms with E-state index in [0.717, 1.165) is 31.7 Å². The molecule has 140 valence electrons. The summed E-state index contributed by atoms with van der Waals surface area (Å²) in [6, 6.07) is 11.9. The number of furan rings is 1. The van der Waals surface area contributed by atoms with Crippen LogP contribution in [-0.4, -0.2) is 30.4 Å². The lowest BCUT2D eigenvalue weighted by molar-refractivity contribution is 0.0888. The maximum Gasteiger partial charge on any atom is 0.287 e. The van der Waals surface area contributed by atoms with Crippen LogP contribution in [0.25, 0.3) is 11.0 Å². The van der Waals surface area contributed by atoms with E-state index >= 15 is 0 Å². The maximum absolute atomic E-state index is 12.6. The van der Waals surface area contributed by atoms with Crippen molar-refractivity contribution in [2.24, 2.45) is 0 Å². The Morgan fingerprint density at radius 1 is 1.11 bits per heavy atom. The van der Waals surface area contributed by atoms with Crippen molar-refractivity contribution >= 4 is 16.9 Å². The first-order valence-corrected chi connectivity index (χ1v) is 9.31. The maximum atomic E-state index is 12.6. The van der Waals surface area contributed by atoms with E-state index in [1.54, 1.807) is 30.5 Å². The second-order valence-electron chi connectivity index (χ2n) is 6.81. The predicted octanol–water partition coefficient (Wildman–Crippen LogP) is 3.34. The van der Waals surface area contributed by atoms with Crippen LogP contribution < -0.4 is 10.7 Å². The van der Waals surface area contributed by atoms with E-state index in [9.17, 15) is 9.59 Å². The molecular weight excluding hydrogens is 344 g/mol. The van der Waals surface area contributed by atoms with Crippen molar-refractivity contribution in [1.82, 2.24) is 10.2 Å². The van der Waals surface area contributed by atoms with Gasteiger partial charge in [0.25, 0.3) is 5.91 Å². The highest BCUT2D eigenvalue weighted by Gasteiger charge is 2.25. The van der Waals surface area contributed by atoms with E-state index in [0.29, 0.717) is 17.5 Å². The summed E-state index contributed by atoms with van der Waals surface area (Å²) in [5.74, 6) is 0.458. The molecule has 4 rings (SSSR count). The Hall–Kier alpha value is -2.86. The normalized spacial score (nSPS) is 16.3. The highest BCUT2D eigenvalue weighted by atomic mass is 16.3. The molecule has 1 aromatic carbocycles. The molecule has 0 spiro atoms. The van der Waals surface area contributed by atoms with E-state index < -0.39 is 5.91 Å². The van der Waals surface area contributed by atoms with Crippen molar-refractivity contribution in [2.45, 2.75) is 25.3 Å². The van der Waals surface area contributed by atoms with Crippen molar-refractivity contribution in [3.05, 3.63) is 70.5 Å². The van der Waals surface area contributed by atoms with Gasteiger partial charge in [-0.15, -0.1) is 0 Å². The molecule has 0 aliphatic carbocycles. The molecule has 6 nitrogen and oxygen atoms in total. The standard InChI is InChI=1S/C21H22N2O4/c24-17-13-20(27-18-8-3-2-7-15(17)18)21(25)22-14-16(19-9-6-12-26-19)23-10-4-1-5-11-23/h2-3,6-9,12-13,16H,1,4-5,10-11,14H2,(H,22,25). The third kappa shape index (κ3) is 3.80. The smallest absolute Gasteiger partial charge is 0.287 e. The Morgan fingerprint density at radius 3 is 2.70 bits per heavy atom. The molecule has 0 bridgehead atoms. The Morgan fingerprint density at radius 2 is 1.93 bits per heavy atom. The summed E-state index contributed by atoms with van der Waals surface area (Å²) in [5, 5.41) is 3.37. The Kier molecular flexibility index (Phi) is 5.07. The fourth-order valence-electron chi connectivity index (χ4n) is 3.61. The molecule has 0 radical (unpaired) electrons. The first-order valence-electron chi connectivity index (χ1n) is 9.31. The number of likely N-dealkylation sites (tertiary alicyclic amines) is 1. The summed E-state index contributed by atoms with van der Waals surface area (Å²) in [7, 11) is 0. The molecule has 1 aliphatic rings. The Balaban J connectivity index is 1.52. The SMILES string of the molecule is O=C(NCC(c1ccco1)N1CCCCC1)c1cc(=O)c2ccccc2o1. The zero-order valence-electron chi connectivity index (χ0n) is 15.0. The van der Waals surface area contributed by atoms with Crippen molar-refractivity contribution in [3.8, 4) is 0 Å². The van der Waals surface area contributed by atoms with Gasteiger partial charge in [-0.1, -0.05) is 18.6 Å². The van der Waals surface area contributed by atoms with E-state index in [-0.39, 0.29) is 17.2 Å². The van der Waals surface area contributed by atoms with Crippen molar-refractivity contribution < 1.29 is 13.6 Å². The Bertz CT molecular complexity index is 971. The minimum atomic E-state index is -0.397. The predicted molar refractivity (Wildman–Crippen MR) is 102 cm³/mol. The fourth-order valence-corrected chi connectivity index (χ4v) is 3.61. The van der Waals surface area contributed by atoms with Gasteiger partial charge in [-0.2, -0.15) is 0 Å². The van der Waals surface area contributed by atoms with Crippen LogP contribution in [0, 0.1) is 0 Å². The van der Waals surface area contributed by atoms with Gasteiger partial charge < -0.3 is 14.2 Å². The van der Waals surface area contributed by atoms with E-state index in [4.69, 9.17) is 8.83 Å². The Labute approximate surface area is 156 Å². The molecule has 3 aromatic rings. The molecule has 1 unspecified atom stereocenters. The van der Waals surface area contributed by atoms with Crippen LogP contribution in [0.15, 0.2) is 62.4 Å². The van der Waals surface area contributed by atoms with Crippen molar-refractivity contribution in [2.75, 3.05) is 19.6 Å². The first-order chi connectivity index (χ1) is 13.2. The van der Waals surface area contributed by atoms with Crippen LogP contribution >= 0.6 is 0 Å². The van der Waals surface area contributed by atoms with Crippen LogP contribution in [0.2, 0.25) is 0 Å². The van der Waals surface area contributed by atoms with E-state index in [1.807, 2.05) is 12.1 Å².